The topological polar surface area (TPSA) is 74.6 Å². The molecule has 8 heteroatoms. The van der Waals surface area contributed by atoms with Gasteiger partial charge in [0.05, 0.1) is 26.2 Å². The van der Waals surface area contributed by atoms with Crippen LogP contribution in [0.1, 0.15) is 15.2 Å². The number of amides is 1. The molecule has 4 aromatic rings. The third-order valence-electron chi connectivity index (χ3n) is 5.01. The van der Waals surface area contributed by atoms with Crippen LogP contribution in [0.2, 0.25) is 0 Å². The van der Waals surface area contributed by atoms with Gasteiger partial charge in [0.2, 0.25) is 0 Å². The molecular formula is C23H23N3O4S. The van der Waals surface area contributed by atoms with Crippen LogP contribution >= 0.6 is 11.3 Å². The fourth-order valence-electron chi connectivity index (χ4n) is 3.40. The minimum Gasteiger partial charge on any atom is -0.497 e. The predicted octanol–water partition coefficient (Wildman–Crippen LogP) is 4.26. The van der Waals surface area contributed by atoms with Crippen molar-refractivity contribution in [3.63, 3.8) is 0 Å². The molecule has 0 spiro atoms. The number of aryl methyl sites for hydroxylation is 1. The number of hydrogen-bond acceptors (Lipinski definition) is 6. The van der Waals surface area contributed by atoms with Crippen LogP contribution in [-0.4, -0.2) is 37.0 Å². The van der Waals surface area contributed by atoms with E-state index in [0.29, 0.717) is 22.9 Å². The van der Waals surface area contributed by atoms with Crippen LogP contribution in [-0.2, 0) is 13.6 Å². The van der Waals surface area contributed by atoms with Crippen LogP contribution in [0.4, 0.5) is 0 Å². The van der Waals surface area contributed by atoms with Crippen LogP contribution in [0.15, 0.2) is 48.5 Å². The fourth-order valence-corrected chi connectivity index (χ4v) is 4.39. The van der Waals surface area contributed by atoms with Crippen LogP contribution in [0.3, 0.4) is 0 Å². The zero-order valence-corrected chi connectivity index (χ0v) is 18.6. The van der Waals surface area contributed by atoms with Crippen molar-refractivity contribution in [3.05, 3.63) is 59.0 Å². The molecule has 0 atom stereocenters. The van der Waals surface area contributed by atoms with E-state index in [9.17, 15) is 4.79 Å². The second-order valence-corrected chi connectivity index (χ2v) is 7.92. The molecule has 7 nitrogen and oxygen atoms in total. The maximum Gasteiger partial charge on any atom is 0.261 e. The van der Waals surface area contributed by atoms with Gasteiger partial charge in [0.1, 0.15) is 27.8 Å². The van der Waals surface area contributed by atoms with Crippen molar-refractivity contribution in [1.82, 2.24) is 15.1 Å². The zero-order chi connectivity index (χ0) is 22.0. The van der Waals surface area contributed by atoms with E-state index >= 15 is 0 Å². The third-order valence-corrected chi connectivity index (χ3v) is 6.21. The number of carbonyl (C=O) groups is 1. The Balaban J connectivity index is 1.58. The van der Waals surface area contributed by atoms with Crippen LogP contribution < -0.4 is 19.5 Å². The molecule has 2 aromatic heterocycles. The summed E-state index contributed by atoms with van der Waals surface area (Å²) >= 11 is 1.41. The molecule has 1 amide bonds. The first-order chi connectivity index (χ1) is 15.0. The average molecular weight is 438 g/mol. The molecule has 4 rings (SSSR count). The minimum atomic E-state index is -0.143. The highest BCUT2D eigenvalue weighted by Gasteiger charge is 2.18. The van der Waals surface area contributed by atoms with Crippen LogP contribution in [0, 0.1) is 0 Å². The largest absolute Gasteiger partial charge is 0.497 e. The van der Waals surface area contributed by atoms with E-state index in [0.717, 1.165) is 32.8 Å². The number of rotatable bonds is 7. The average Bonchev–Trinajstić information content (AvgIpc) is 3.38. The smallest absolute Gasteiger partial charge is 0.261 e. The molecule has 2 heterocycles. The summed E-state index contributed by atoms with van der Waals surface area (Å²) in [6.45, 7) is 0.348. The lowest BCUT2D eigenvalue weighted by Crippen LogP contribution is -2.22. The van der Waals surface area contributed by atoms with Crippen molar-refractivity contribution in [2.45, 2.75) is 6.54 Å². The molecule has 0 saturated carbocycles. The Kier molecular flexibility index (Phi) is 5.81. The van der Waals surface area contributed by atoms with Gasteiger partial charge in [-0.2, -0.15) is 5.10 Å². The van der Waals surface area contributed by atoms with Crippen molar-refractivity contribution in [2.75, 3.05) is 21.3 Å². The van der Waals surface area contributed by atoms with E-state index in [1.165, 1.54) is 11.3 Å². The minimum absolute atomic E-state index is 0.143. The number of carbonyl (C=O) groups excluding carboxylic acids is 1. The van der Waals surface area contributed by atoms with Gasteiger partial charge in [-0.1, -0.05) is 12.1 Å². The highest BCUT2D eigenvalue weighted by atomic mass is 32.1. The molecule has 0 saturated heterocycles. The Hall–Kier alpha value is -3.52. The summed E-state index contributed by atoms with van der Waals surface area (Å²) < 4.78 is 17.8. The van der Waals surface area contributed by atoms with Gasteiger partial charge in [-0.25, -0.2) is 0 Å². The van der Waals surface area contributed by atoms with E-state index in [-0.39, 0.29) is 5.91 Å². The quantitative estimate of drug-likeness (QED) is 0.468. The predicted molar refractivity (Wildman–Crippen MR) is 121 cm³/mol. The Bertz CT molecular complexity index is 1250. The van der Waals surface area contributed by atoms with Gasteiger partial charge >= 0.3 is 0 Å². The fraction of sp³-hybridized carbons (Fsp3) is 0.217. The number of nitrogens with one attached hydrogen (secondary N) is 1. The van der Waals surface area contributed by atoms with E-state index in [1.54, 1.807) is 32.1 Å². The Labute approximate surface area is 184 Å². The standard InChI is InChI=1S/C23H23N3O4S/c1-26-23-18(21(25-26)14-6-5-7-16(10-14)28-2)12-20(31-23)22(27)24-13-15-8-9-17(29-3)11-19(15)30-4/h5-12H,13H2,1-4H3,(H,24,27). The Morgan fingerprint density at radius 2 is 1.81 bits per heavy atom. The first kappa shape index (κ1) is 20.7. The lowest BCUT2D eigenvalue weighted by molar-refractivity contribution is 0.0955. The number of methoxy groups -OCH3 is 3. The van der Waals surface area contributed by atoms with Gasteiger partial charge < -0.3 is 19.5 Å². The number of nitrogens with zero attached hydrogens (tertiary/aromatic N) is 2. The SMILES string of the molecule is COc1cccc(-c2nn(C)c3sc(C(=O)NCc4ccc(OC)cc4OC)cc23)c1. The lowest BCUT2D eigenvalue weighted by Gasteiger charge is -2.11. The molecule has 0 aliphatic carbocycles. The summed E-state index contributed by atoms with van der Waals surface area (Å²) in [5, 5.41) is 8.55. The van der Waals surface area contributed by atoms with Crippen molar-refractivity contribution in [3.8, 4) is 28.5 Å². The van der Waals surface area contributed by atoms with Gasteiger partial charge in [0.15, 0.2) is 0 Å². The van der Waals surface area contributed by atoms with Gasteiger partial charge in [0.25, 0.3) is 5.91 Å². The summed E-state index contributed by atoms with van der Waals surface area (Å²) in [5.74, 6) is 1.99. The van der Waals surface area contributed by atoms with Crippen molar-refractivity contribution < 1.29 is 19.0 Å². The van der Waals surface area contributed by atoms with E-state index in [2.05, 4.69) is 10.4 Å². The normalized spacial score (nSPS) is 10.8. The number of hydrogen-bond donors (Lipinski definition) is 1. The van der Waals surface area contributed by atoms with Crippen LogP contribution in [0.25, 0.3) is 21.5 Å². The van der Waals surface area contributed by atoms with Gasteiger partial charge in [0, 0.05) is 36.2 Å². The van der Waals surface area contributed by atoms with Crippen molar-refractivity contribution in [1.29, 1.82) is 0 Å². The third kappa shape index (κ3) is 4.06. The van der Waals surface area contributed by atoms with E-state index in [4.69, 9.17) is 14.2 Å². The number of benzene rings is 2. The second kappa shape index (κ2) is 8.69. The molecule has 0 unspecified atom stereocenters. The molecule has 0 bridgehead atoms. The highest BCUT2D eigenvalue weighted by molar-refractivity contribution is 7.20. The van der Waals surface area contributed by atoms with Gasteiger partial charge in [-0.3, -0.25) is 9.48 Å². The molecule has 0 fully saturated rings. The number of ether oxygens (including phenoxy) is 3. The molecular weight excluding hydrogens is 414 g/mol. The van der Waals surface area contributed by atoms with E-state index < -0.39 is 0 Å². The van der Waals surface area contributed by atoms with Gasteiger partial charge in [-0.15, -0.1) is 11.3 Å². The Morgan fingerprint density at radius 1 is 1.03 bits per heavy atom. The Morgan fingerprint density at radius 3 is 2.55 bits per heavy atom. The molecule has 160 valence electrons. The van der Waals surface area contributed by atoms with E-state index in [1.807, 2.05) is 49.5 Å². The zero-order valence-electron chi connectivity index (χ0n) is 17.8. The second-order valence-electron chi connectivity index (χ2n) is 6.89. The molecule has 0 radical (unpaired) electrons. The molecule has 31 heavy (non-hydrogen) atoms. The molecule has 2 aromatic carbocycles. The first-order valence-corrected chi connectivity index (χ1v) is 10.5. The van der Waals surface area contributed by atoms with Crippen molar-refractivity contribution >= 4 is 27.5 Å². The number of fused-ring (bicyclic) bond motifs is 1. The monoisotopic (exact) mass is 437 g/mol. The van der Waals surface area contributed by atoms with Crippen LogP contribution in [0.5, 0.6) is 17.2 Å². The highest BCUT2D eigenvalue weighted by Crippen LogP contribution is 2.35. The maximum atomic E-state index is 12.9. The molecule has 0 aliphatic rings. The molecule has 0 aliphatic heterocycles. The summed E-state index contributed by atoms with van der Waals surface area (Å²) in [4.78, 5) is 14.4. The summed E-state index contributed by atoms with van der Waals surface area (Å²) in [5.41, 5.74) is 2.64. The number of thiophene rings is 1. The first-order valence-electron chi connectivity index (χ1n) is 9.64. The summed E-state index contributed by atoms with van der Waals surface area (Å²) in [7, 11) is 6.72. The van der Waals surface area contributed by atoms with Gasteiger partial charge in [-0.05, 0) is 30.3 Å². The summed E-state index contributed by atoms with van der Waals surface area (Å²) in [6.07, 6.45) is 0. The van der Waals surface area contributed by atoms with Crippen molar-refractivity contribution in [2.24, 2.45) is 7.05 Å². The summed E-state index contributed by atoms with van der Waals surface area (Å²) in [6, 6.07) is 15.2. The maximum absolute atomic E-state index is 12.9. The number of aromatic nitrogens is 2. The lowest BCUT2D eigenvalue weighted by atomic mass is 10.1. The molecule has 1 N–H and O–H groups in total.